The molecule has 0 aliphatic heterocycles. The van der Waals surface area contributed by atoms with E-state index in [1.165, 1.54) is 19.3 Å². The zero-order chi connectivity index (χ0) is 14.6. The summed E-state index contributed by atoms with van der Waals surface area (Å²) in [6.45, 7) is 2.18. The monoisotopic (exact) mass is 280 g/mol. The van der Waals surface area contributed by atoms with Gasteiger partial charge in [-0.15, -0.1) is 0 Å². The Morgan fingerprint density at radius 3 is 2.35 bits per heavy atom. The SMILES string of the molecule is CCCCC1C=CC(c2ccc(C(F)(F)F)cc2)=CC1. The molecule has 1 unspecified atom stereocenters. The van der Waals surface area contributed by atoms with Crippen molar-refractivity contribution in [2.45, 2.75) is 38.8 Å². The zero-order valence-corrected chi connectivity index (χ0v) is 11.6. The quantitative estimate of drug-likeness (QED) is 0.648. The van der Waals surface area contributed by atoms with Crippen molar-refractivity contribution >= 4 is 5.57 Å². The van der Waals surface area contributed by atoms with E-state index >= 15 is 0 Å². The van der Waals surface area contributed by atoms with Gasteiger partial charge in [-0.3, -0.25) is 0 Å². The third-order valence-electron chi connectivity index (χ3n) is 3.66. The van der Waals surface area contributed by atoms with Crippen LogP contribution in [0.15, 0.2) is 42.5 Å². The van der Waals surface area contributed by atoms with Gasteiger partial charge in [0.1, 0.15) is 0 Å². The second kappa shape index (κ2) is 6.29. The van der Waals surface area contributed by atoms with E-state index < -0.39 is 11.7 Å². The van der Waals surface area contributed by atoms with Crippen molar-refractivity contribution in [3.63, 3.8) is 0 Å². The molecule has 1 aliphatic carbocycles. The second-order valence-electron chi connectivity index (χ2n) is 5.23. The van der Waals surface area contributed by atoms with Gasteiger partial charge in [0.2, 0.25) is 0 Å². The number of hydrogen-bond donors (Lipinski definition) is 0. The van der Waals surface area contributed by atoms with Crippen LogP contribution >= 0.6 is 0 Å². The molecule has 108 valence electrons. The Bertz CT molecular complexity index is 492. The Hall–Kier alpha value is -1.51. The third-order valence-corrected chi connectivity index (χ3v) is 3.66. The Morgan fingerprint density at radius 2 is 1.85 bits per heavy atom. The minimum absolute atomic E-state index is 0.577. The summed E-state index contributed by atoms with van der Waals surface area (Å²) in [5.41, 5.74) is 1.28. The predicted octanol–water partition coefficient (Wildman–Crippen LogP) is 5.86. The standard InChI is InChI=1S/C17H19F3/c1-2-3-4-13-5-7-14(8-6-13)15-9-11-16(12-10-15)17(18,19)20/h5,7-13H,2-4,6H2,1H3. The molecule has 0 amide bonds. The first-order chi connectivity index (χ1) is 9.50. The van der Waals surface area contributed by atoms with Crippen molar-refractivity contribution in [1.29, 1.82) is 0 Å². The van der Waals surface area contributed by atoms with Gasteiger partial charge in [0.15, 0.2) is 0 Å². The number of unbranched alkanes of at least 4 members (excludes halogenated alkanes) is 1. The molecule has 1 aliphatic rings. The largest absolute Gasteiger partial charge is 0.416 e. The van der Waals surface area contributed by atoms with Crippen molar-refractivity contribution in [1.82, 2.24) is 0 Å². The van der Waals surface area contributed by atoms with Gasteiger partial charge >= 0.3 is 6.18 Å². The second-order valence-corrected chi connectivity index (χ2v) is 5.23. The average Bonchev–Trinajstić information content (AvgIpc) is 2.45. The van der Waals surface area contributed by atoms with Crippen LogP contribution in [0.1, 0.15) is 43.7 Å². The van der Waals surface area contributed by atoms with E-state index in [1.54, 1.807) is 12.1 Å². The van der Waals surface area contributed by atoms with Gasteiger partial charge in [0.05, 0.1) is 5.56 Å². The highest BCUT2D eigenvalue weighted by Crippen LogP contribution is 2.31. The number of hydrogen-bond acceptors (Lipinski definition) is 0. The molecule has 0 nitrogen and oxygen atoms in total. The molecule has 0 saturated carbocycles. The van der Waals surface area contributed by atoms with Crippen LogP contribution in [0.3, 0.4) is 0 Å². The van der Waals surface area contributed by atoms with Crippen molar-refractivity contribution < 1.29 is 13.2 Å². The number of benzene rings is 1. The smallest absolute Gasteiger partial charge is 0.166 e. The van der Waals surface area contributed by atoms with Crippen LogP contribution in [-0.4, -0.2) is 0 Å². The highest BCUT2D eigenvalue weighted by atomic mass is 19.4. The lowest BCUT2D eigenvalue weighted by Gasteiger charge is -2.16. The van der Waals surface area contributed by atoms with E-state index in [-0.39, 0.29) is 0 Å². The Balaban J connectivity index is 2.03. The number of halogens is 3. The van der Waals surface area contributed by atoms with Crippen molar-refractivity contribution in [2.75, 3.05) is 0 Å². The maximum Gasteiger partial charge on any atom is 0.416 e. The van der Waals surface area contributed by atoms with Gasteiger partial charge in [0, 0.05) is 0 Å². The first kappa shape index (κ1) is 14.9. The summed E-state index contributed by atoms with van der Waals surface area (Å²) in [4.78, 5) is 0. The van der Waals surface area contributed by atoms with Gasteiger partial charge in [-0.1, -0.05) is 50.1 Å². The van der Waals surface area contributed by atoms with Gasteiger partial charge in [-0.2, -0.15) is 13.2 Å². The Kier molecular flexibility index (Phi) is 4.69. The first-order valence-electron chi connectivity index (χ1n) is 7.06. The van der Waals surface area contributed by atoms with Crippen molar-refractivity contribution in [2.24, 2.45) is 5.92 Å². The molecule has 1 aromatic carbocycles. The molecule has 0 spiro atoms. The minimum Gasteiger partial charge on any atom is -0.166 e. The van der Waals surface area contributed by atoms with Crippen molar-refractivity contribution in [3.05, 3.63) is 53.6 Å². The summed E-state index contributed by atoms with van der Waals surface area (Å²) in [5.74, 6) is 0.577. The maximum atomic E-state index is 12.5. The molecular weight excluding hydrogens is 261 g/mol. The van der Waals surface area contributed by atoms with E-state index in [9.17, 15) is 13.2 Å². The third kappa shape index (κ3) is 3.75. The molecule has 0 N–H and O–H groups in total. The molecule has 0 bridgehead atoms. The van der Waals surface area contributed by atoms with E-state index in [1.807, 2.05) is 6.08 Å². The lowest BCUT2D eigenvalue weighted by atomic mass is 9.90. The van der Waals surface area contributed by atoms with Gasteiger partial charge in [0.25, 0.3) is 0 Å². The molecule has 2 rings (SSSR count). The number of alkyl halides is 3. The fraction of sp³-hybridized carbons (Fsp3) is 0.412. The van der Waals surface area contributed by atoms with E-state index in [4.69, 9.17) is 0 Å². The number of rotatable bonds is 4. The number of allylic oxidation sites excluding steroid dienone is 4. The summed E-state index contributed by atoms with van der Waals surface area (Å²) in [7, 11) is 0. The van der Waals surface area contributed by atoms with Crippen LogP contribution in [0.2, 0.25) is 0 Å². The zero-order valence-electron chi connectivity index (χ0n) is 11.6. The van der Waals surface area contributed by atoms with E-state index in [2.05, 4.69) is 19.1 Å². The average molecular weight is 280 g/mol. The van der Waals surface area contributed by atoms with E-state index in [0.717, 1.165) is 29.7 Å². The fourth-order valence-corrected chi connectivity index (χ4v) is 2.41. The summed E-state index contributed by atoms with van der Waals surface area (Å²) >= 11 is 0. The van der Waals surface area contributed by atoms with Crippen LogP contribution < -0.4 is 0 Å². The summed E-state index contributed by atoms with van der Waals surface area (Å²) in [5, 5.41) is 0. The summed E-state index contributed by atoms with van der Waals surface area (Å²) in [6, 6.07) is 5.39. The van der Waals surface area contributed by atoms with Crippen LogP contribution in [-0.2, 0) is 6.18 Å². The lowest BCUT2D eigenvalue weighted by Crippen LogP contribution is -2.04. The van der Waals surface area contributed by atoms with Crippen molar-refractivity contribution in [3.8, 4) is 0 Å². The normalized spacial score (nSPS) is 19.0. The Labute approximate surface area is 118 Å². The summed E-state index contributed by atoms with van der Waals surface area (Å²) in [6.07, 6.45) is 6.66. The molecule has 0 aromatic heterocycles. The minimum atomic E-state index is -4.26. The molecule has 0 radical (unpaired) electrons. The van der Waals surface area contributed by atoms with Gasteiger partial charge < -0.3 is 0 Å². The fourth-order valence-electron chi connectivity index (χ4n) is 2.41. The summed E-state index contributed by atoms with van der Waals surface area (Å²) < 4.78 is 37.5. The lowest BCUT2D eigenvalue weighted by molar-refractivity contribution is -0.137. The molecule has 0 saturated heterocycles. The molecular formula is C17H19F3. The molecule has 1 atom stereocenters. The van der Waals surface area contributed by atoms with Crippen LogP contribution in [0.5, 0.6) is 0 Å². The predicted molar refractivity (Wildman–Crippen MR) is 76.2 cm³/mol. The van der Waals surface area contributed by atoms with Gasteiger partial charge in [-0.25, -0.2) is 0 Å². The highest BCUT2D eigenvalue weighted by molar-refractivity contribution is 5.75. The topological polar surface area (TPSA) is 0 Å². The molecule has 0 heterocycles. The van der Waals surface area contributed by atoms with Crippen LogP contribution in [0, 0.1) is 5.92 Å². The maximum absolute atomic E-state index is 12.5. The van der Waals surface area contributed by atoms with Gasteiger partial charge in [-0.05, 0) is 42.0 Å². The van der Waals surface area contributed by atoms with Crippen LogP contribution in [0.25, 0.3) is 5.57 Å². The first-order valence-corrected chi connectivity index (χ1v) is 7.06. The Morgan fingerprint density at radius 1 is 1.15 bits per heavy atom. The molecule has 3 heteroatoms. The highest BCUT2D eigenvalue weighted by Gasteiger charge is 2.30. The molecule has 1 aromatic rings. The molecule has 20 heavy (non-hydrogen) atoms. The van der Waals surface area contributed by atoms with E-state index in [0.29, 0.717) is 5.92 Å². The molecule has 0 fully saturated rings. The van der Waals surface area contributed by atoms with Crippen LogP contribution in [0.4, 0.5) is 13.2 Å².